The second-order valence-electron chi connectivity index (χ2n) is 4.30. The van der Waals surface area contributed by atoms with E-state index in [0.29, 0.717) is 11.3 Å². The zero-order valence-corrected chi connectivity index (χ0v) is 15.8. The maximum Gasteiger partial charge on any atom is 0.316 e. The largest absolute Gasteiger partial charge is 0.618 e. The first-order valence-electron chi connectivity index (χ1n) is 7.19. The van der Waals surface area contributed by atoms with Crippen LogP contribution in [0.5, 0.6) is 0 Å². The lowest BCUT2D eigenvalue weighted by Gasteiger charge is -2.05. The lowest BCUT2D eigenvalue weighted by Crippen LogP contribution is -2.29. The Hall–Kier alpha value is -2.01. The van der Waals surface area contributed by atoms with Crippen molar-refractivity contribution < 1.29 is 28.7 Å². The number of thioether (sulfide) groups is 1. The number of aryl methyl sites for hydroxylation is 1. The molecule has 0 unspecified atom stereocenters. The molecule has 11 heteroatoms. The molecule has 0 spiro atoms. The Bertz CT molecular complexity index is 611. The number of nitro groups is 1. The first-order valence-corrected chi connectivity index (χ1v) is 8.81. The number of ether oxygens (including phenoxy) is 2. The molecule has 1 rings (SSSR count). The Kier molecular flexibility index (Phi) is 11.4. The Morgan fingerprint density at radius 1 is 1.28 bits per heavy atom. The number of hydrogen-bond acceptors (Lipinski definition) is 9. The lowest BCUT2D eigenvalue weighted by molar-refractivity contribution is -0.615. The normalized spacial score (nSPS) is 9.60. The van der Waals surface area contributed by atoms with E-state index in [4.69, 9.17) is 4.74 Å². The number of thiol groups is 1. The standard InChI is InChI=1S/C10H12N2O5S.C4H8O2S/c1-3-17-10(13)6-18-9-5-11(14)7(2)4-8(9)12(15)16;1-2-6-4(5)3-7/h4-5H,3,6H2,1-2H3;7H,2-3H2,1H3. The fourth-order valence-electron chi connectivity index (χ4n) is 1.41. The summed E-state index contributed by atoms with van der Waals surface area (Å²) in [5.74, 6) is -0.633. The Labute approximate surface area is 154 Å². The van der Waals surface area contributed by atoms with E-state index < -0.39 is 10.9 Å². The van der Waals surface area contributed by atoms with Crippen LogP contribution in [0.25, 0.3) is 0 Å². The van der Waals surface area contributed by atoms with E-state index in [1.54, 1.807) is 13.8 Å². The van der Waals surface area contributed by atoms with E-state index in [1.807, 2.05) is 0 Å². The summed E-state index contributed by atoms with van der Waals surface area (Å²) in [6.07, 6.45) is 1.09. The quantitative estimate of drug-likeness (QED) is 0.141. The number of aromatic nitrogens is 1. The minimum Gasteiger partial charge on any atom is -0.618 e. The predicted molar refractivity (Wildman–Crippen MR) is 94.6 cm³/mol. The van der Waals surface area contributed by atoms with Gasteiger partial charge in [-0.25, -0.2) is 0 Å². The van der Waals surface area contributed by atoms with Crippen LogP contribution in [-0.2, 0) is 19.1 Å². The van der Waals surface area contributed by atoms with Crippen LogP contribution in [0, 0.1) is 22.2 Å². The molecule has 1 aromatic rings. The monoisotopic (exact) mass is 392 g/mol. The average molecular weight is 392 g/mol. The van der Waals surface area contributed by atoms with Gasteiger partial charge in [0.05, 0.1) is 35.7 Å². The van der Waals surface area contributed by atoms with Gasteiger partial charge in [-0.2, -0.15) is 17.4 Å². The molecule has 0 fully saturated rings. The smallest absolute Gasteiger partial charge is 0.316 e. The molecule has 0 saturated carbocycles. The fourth-order valence-corrected chi connectivity index (χ4v) is 2.31. The molecule has 1 aromatic heterocycles. The molecule has 25 heavy (non-hydrogen) atoms. The highest BCUT2D eigenvalue weighted by Gasteiger charge is 2.21. The molecule has 0 amide bonds. The van der Waals surface area contributed by atoms with Crippen LogP contribution in [0.2, 0.25) is 0 Å². The number of carbonyl (C=O) groups excluding carboxylic acids is 2. The maximum atomic E-state index is 11.3. The molecular weight excluding hydrogens is 372 g/mol. The number of esters is 2. The summed E-state index contributed by atoms with van der Waals surface area (Å²) >= 11 is 4.58. The van der Waals surface area contributed by atoms with Gasteiger partial charge < -0.3 is 14.7 Å². The number of pyridine rings is 1. The summed E-state index contributed by atoms with van der Waals surface area (Å²) in [4.78, 5) is 31.6. The number of carbonyl (C=O) groups is 2. The number of hydrogen-bond donors (Lipinski definition) is 1. The third-order valence-electron chi connectivity index (χ3n) is 2.46. The number of nitrogens with zero attached hydrogens (tertiary/aromatic N) is 2. The molecule has 0 aromatic carbocycles. The topological polar surface area (TPSA) is 123 Å². The van der Waals surface area contributed by atoms with Gasteiger partial charge in [0.2, 0.25) is 6.20 Å². The highest BCUT2D eigenvalue weighted by Crippen LogP contribution is 2.28. The van der Waals surface area contributed by atoms with E-state index >= 15 is 0 Å². The second-order valence-corrected chi connectivity index (χ2v) is 5.64. The molecule has 0 aliphatic carbocycles. The van der Waals surface area contributed by atoms with Crippen molar-refractivity contribution in [2.45, 2.75) is 25.7 Å². The van der Waals surface area contributed by atoms with E-state index in [2.05, 4.69) is 17.4 Å². The molecule has 0 bridgehead atoms. The van der Waals surface area contributed by atoms with Crippen molar-refractivity contribution in [1.29, 1.82) is 0 Å². The highest BCUT2D eigenvalue weighted by atomic mass is 32.2. The predicted octanol–water partition coefficient (Wildman–Crippen LogP) is 1.67. The van der Waals surface area contributed by atoms with Crippen molar-refractivity contribution in [1.82, 2.24) is 0 Å². The lowest BCUT2D eigenvalue weighted by atomic mass is 10.3. The van der Waals surface area contributed by atoms with Crippen molar-refractivity contribution in [3.8, 4) is 0 Å². The van der Waals surface area contributed by atoms with Gasteiger partial charge in [-0.3, -0.25) is 19.7 Å². The summed E-state index contributed by atoms with van der Waals surface area (Å²) in [5.41, 5.74) is 0.0380. The first kappa shape index (κ1) is 23.0. The van der Waals surface area contributed by atoms with Crippen LogP contribution in [0.15, 0.2) is 17.2 Å². The van der Waals surface area contributed by atoms with Gasteiger partial charge >= 0.3 is 11.9 Å². The van der Waals surface area contributed by atoms with Crippen molar-refractivity contribution >= 4 is 42.0 Å². The van der Waals surface area contributed by atoms with Gasteiger partial charge in [-0.15, -0.1) is 11.8 Å². The van der Waals surface area contributed by atoms with Gasteiger partial charge in [-0.05, 0) is 13.8 Å². The van der Waals surface area contributed by atoms with Gasteiger partial charge in [-0.1, -0.05) is 0 Å². The fraction of sp³-hybridized carbons (Fsp3) is 0.500. The Morgan fingerprint density at radius 3 is 2.28 bits per heavy atom. The summed E-state index contributed by atoms with van der Waals surface area (Å²) < 4.78 is 9.71. The van der Waals surface area contributed by atoms with E-state index in [9.17, 15) is 24.9 Å². The van der Waals surface area contributed by atoms with E-state index in [-0.39, 0.29) is 40.4 Å². The molecular formula is C14H20N2O7S2. The number of rotatable bonds is 7. The van der Waals surface area contributed by atoms with Crippen molar-refractivity contribution in [3.05, 3.63) is 33.3 Å². The van der Waals surface area contributed by atoms with Crippen LogP contribution in [0.3, 0.4) is 0 Å². The Morgan fingerprint density at radius 2 is 1.84 bits per heavy atom. The molecule has 0 N–H and O–H groups in total. The Balaban J connectivity index is 0.000000697. The SMILES string of the molecule is CCOC(=O)CS.CCOC(=O)CSc1c[n+]([O-])c(C)cc1[N+](=O)[O-]. The minimum atomic E-state index is -0.583. The summed E-state index contributed by atoms with van der Waals surface area (Å²) in [5, 5.41) is 22.2. The molecule has 140 valence electrons. The molecule has 0 atom stereocenters. The third-order valence-corrected chi connectivity index (χ3v) is 3.73. The van der Waals surface area contributed by atoms with Crippen molar-refractivity contribution in [3.63, 3.8) is 0 Å². The molecule has 0 aliphatic heterocycles. The first-order chi connectivity index (χ1) is 11.8. The molecule has 9 nitrogen and oxygen atoms in total. The molecule has 0 aliphatic rings. The van der Waals surface area contributed by atoms with Gasteiger partial charge in [0.1, 0.15) is 0 Å². The van der Waals surface area contributed by atoms with E-state index in [1.165, 1.54) is 13.0 Å². The van der Waals surface area contributed by atoms with Crippen LogP contribution < -0.4 is 4.73 Å². The highest BCUT2D eigenvalue weighted by molar-refractivity contribution is 8.00. The second kappa shape index (κ2) is 12.4. The summed E-state index contributed by atoms with van der Waals surface area (Å²) in [6, 6.07) is 1.18. The van der Waals surface area contributed by atoms with Crippen molar-refractivity contribution in [2.75, 3.05) is 24.7 Å². The molecule has 0 radical (unpaired) electrons. The molecule has 1 heterocycles. The van der Waals surface area contributed by atoms with Gasteiger partial charge in [0.25, 0.3) is 5.69 Å². The van der Waals surface area contributed by atoms with Gasteiger partial charge in [0, 0.05) is 6.92 Å². The maximum absolute atomic E-state index is 11.3. The minimum absolute atomic E-state index is 0.0717. The van der Waals surface area contributed by atoms with Crippen molar-refractivity contribution in [2.24, 2.45) is 0 Å². The molecule has 0 saturated heterocycles. The van der Waals surface area contributed by atoms with Crippen LogP contribution in [0.4, 0.5) is 5.69 Å². The summed E-state index contributed by atoms with van der Waals surface area (Å²) in [6.45, 7) is 5.60. The third kappa shape index (κ3) is 9.15. The average Bonchev–Trinajstić information content (AvgIpc) is 2.56. The van der Waals surface area contributed by atoms with Crippen LogP contribution >= 0.6 is 24.4 Å². The summed E-state index contributed by atoms with van der Waals surface area (Å²) in [7, 11) is 0. The van der Waals surface area contributed by atoms with Crippen LogP contribution in [0.1, 0.15) is 19.5 Å². The van der Waals surface area contributed by atoms with Gasteiger partial charge in [0.15, 0.2) is 10.6 Å². The van der Waals surface area contributed by atoms with E-state index in [0.717, 1.165) is 18.0 Å². The zero-order chi connectivity index (χ0) is 19.4. The zero-order valence-electron chi connectivity index (χ0n) is 14.1. The van der Waals surface area contributed by atoms with Crippen LogP contribution in [-0.4, -0.2) is 41.6 Å².